The second-order valence-electron chi connectivity index (χ2n) is 13.9. The molecule has 0 atom stereocenters. The van der Waals surface area contributed by atoms with E-state index in [0.717, 1.165) is 51.4 Å². The molecule has 0 aliphatic heterocycles. The Bertz CT molecular complexity index is 2180. The second-order valence-corrected chi connectivity index (χ2v) is 13.9. The Hall–Kier alpha value is -4.68. The summed E-state index contributed by atoms with van der Waals surface area (Å²) in [6, 6.07) is 42.1. The Labute approximate surface area is 285 Å². The Morgan fingerprint density at radius 1 is 0.333 bits per heavy atom. The molecule has 0 bridgehead atoms. The molecule has 0 nitrogen and oxygen atoms in total. The summed E-state index contributed by atoms with van der Waals surface area (Å²) in [5.41, 5.74) is 9.13. The van der Waals surface area contributed by atoms with Crippen molar-refractivity contribution in [3.63, 3.8) is 0 Å². The van der Waals surface area contributed by atoms with Crippen molar-refractivity contribution in [2.45, 2.75) is 79.1 Å². The number of hydrogen-bond donors (Lipinski definition) is 0. The summed E-state index contributed by atoms with van der Waals surface area (Å²) < 4.78 is 0. The van der Waals surface area contributed by atoms with Crippen molar-refractivity contribution in [1.29, 1.82) is 0 Å². The van der Waals surface area contributed by atoms with E-state index in [1.165, 1.54) is 75.8 Å². The number of benzene rings is 8. The van der Waals surface area contributed by atoms with Crippen LogP contribution in [-0.4, -0.2) is 0 Å². The lowest BCUT2D eigenvalue weighted by atomic mass is 9.81. The third kappa shape index (κ3) is 5.05. The lowest BCUT2D eigenvalue weighted by Gasteiger charge is -2.24. The van der Waals surface area contributed by atoms with Gasteiger partial charge in [-0.15, -0.1) is 0 Å². The zero-order valence-corrected chi connectivity index (χ0v) is 29.0. The molecule has 238 valence electrons. The van der Waals surface area contributed by atoms with Gasteiger partial charge in [-0.2, -0.15) is 0 Å². The van der Waals surface area contributed by atoms with Gasteiger partial charge in [0.15, 0.2) is 0 Å². The number of allylic oxidation sites excluding steroid dienone is 4. The molecule has 0 spiro atoms. The van der Waals surface area contributed by atoms with Crippen LogP contribution in [0.5, 0.6) is 0 Å². The van der Waals surface area contributed by atoms with Gasteiger partial charge in [0, 0.05) is 0 Å². The summed E-state index contributed by atoms with van der Waals surface area (Å²) in [5, 5.41) is 16.4. The molecule has 0 saturated carbocycles. The average molecular weight is 623 g/mol. The molecular weight excluding hydrogens is 577 g/mol. The van der Waals surface area contributed by atoms with Gasteiger partial charge in [0.25, 0.3) is 0 Å². The molecule has 8 aromatic rings. The van der Waals surface area contributed by atoms with Gasteiger partial charge in [-0.1, -0.05) is 138 Å². The fraction of sp³-hybridized carbons (Fsp3) is 0.250. The van der Waals surface area contributed by atoms with Crippen molar-refractivity contribution >= 4 is 75.8 Å². The molecular formula is C48H46. The minimum atomic E-state index is 1.09. The van der Waals surface area contributed by atoms with Gasteiger partial charge in [-0.3, -0.25) is 0 Å². The van der Waals surface area contributed by atoms with Crippen molar-refractivity contribution in [3.8, 4) is 0 Å². The van der Waals surface area contributed by atoms with Gasteiger partial charge < -0.3 is 0 Å². The molecule has 0 unspecified atom stereocenters. The van der Waals surface area contributed by atoms with Gasteiger partial charge >= 0.3 is 0 Å². The van der Waals surface area contributed by atoms with Crippen LogP contribution in [0.25, 0.3) is 75.8 Å². The SMILES string of the molecule is CCCC(/C(CCC)=C(/CCC)c1cc2ccc3cccc4ccc(c1)c2c34)=C(\CCC)c1cc2ccc3cccc4ccc(c1)c2c34. The molecule has 0 aromatic heterocycles. The molecule has 0 amide bonds. The van der Waals surface area contributed by atoms with Crippen LogP contribution in [0.15, 0.2) is 120 Å². The molecule has 0 aliphatic carbocycles. The maximum atomic E-state index is 2.51. The predicted octanol–water partition coefficient (Wildman–Crippen LogP) is 14.9. The highest BCUT2D eigenvalue weighted by Gasteiger charge is 2.20. The van der Waals surface area contributed by atoms with Crippen LogP contribution in [-0.2, 0) is 0 Å². The van der Waals surface area contributed by atoms with Gasteiger partial charge in [-0.25, -0.2) is 0 Å². The van der Waals surface area contributed by atoms with E-state index in [2.05, 4.69) is 137 Å². The summed E-state index contributed by atoms with van der Waals surface area (Å²) in [6.07, 6.45) is 8.96. The quantitative estimate of drug-likeness (QED) is 0.0994. The molecule has 0 fully saturated rings. The average Bonchev–Trinajstić information content (AvgIpc) is 3.12. The number of hydrogen-bond acceptors (Lipinski definition) is 0. The Balaban J connectivity index is 1.39. The molecule has 0 heterocycles. The van der Waals surface area contributed by atoms with Crippen LogP contribution < -0.4 is 0 Å². The van der Waals surface area contributed by atoms with E-state index in [4.69, 9.17) is 0 Å². The van der Waals surface area contributed by atoms with Gasteiger partial charge in [0.1, 0.15) is 0 Å². The number of rotatable bonds is 11. The summed E-state index contributed by atoms with van der Waals surface area (Å²) in [6.45, 7) is 9.43. The largest absolute Gasteiger partial charge is 0.0651 e. The first-order chi connectivity index (χ1) is 23.6. The zero-order valence-electron chi connectivity index (χ0n) is 29.0. The van der Waals surface area contributed by atoms with Crippen LogP contribution in [0, 0.1) is 0 Å². The first-order valence-electron chi connectivity index (χ1n) is 18.4. The maximum Gasteiger partial charge on any atom is -0.00264 e. The van der Waals surface area contributed by atoms with Crippen LogP contribution in [0.1, 0.15) is 90.2 Å². The van der Waals surface area contributed by atoms with Crippen molar-refractivity contribution in [1.82, 2.24) is 0 Å². The minimum absolute atomic E-state index is 1.09. The first kappa shape index (κ1) is 30.6. The Morgan fingerprint density at radius 2 is 0.604 bits per heavy atom. The van der Waals surface area contributed by atoms with E-state index in [-0.39, 0.29) is 0 Å². The molecule has 48 heavy (non-hydrogen) atoms. The Kier molecular flexibility index (Phi) is 8.13. The second kappa shape index (κ2) is 12.7. The molecule has 0 aliphatic rings. The molecule has 0 saturated heterocycles. The standard InChI is InChI=1S/C48H46/c1-5-11-41(39-27-35-23-19-31-15-9-16-32-20-24-36(28-39)47(35)45(31)32)43(13-7-3)44(14-8-4)42(12-6-2)40-29-37-25-21-33-17-10-18-34-22-26-38(30-40)48(37)46(33)34/h9-10,15-30H,5-8,11-14H2,1-4H3/b43-41-,44-42-. The van der Waals surface area contributed by atoms with Gasteiger partial charge in [-0.05, 0) is 148 Å². The highest BCUT2D eigenvalue weighted by molar-refractivity contribution is 6.24. The summed E-state index contributed by atoms with van der Waals surface area (Å²) in [5.74, 6) is 0. The monoisotopic (exact) mass is 622 g/mol. The molecule has 0 heteroatoms. The van der Waals surface area contributed by atoms with E-state index in [0.29, 0.717) is 0 Å². The third-order valence-corrected chi connectivity index (χ3v) is 10.7. The van der Waals surface area contributed by atoms with E-state index in [9.17, 15) is 0 Å². The predicted molar refractivity (Wildman–Crippen MR) is 214 cm³/mol. The fourth-order valence-electron chi connectivity index (χ4n) is 8.76. The summed E-state index contributed by atoms with van der Waals surface area (Å²) in [7, 11) is 0. The summed E-state index contributed by atoms with van der Waals surface area (Å²) in [4.78, 5) is 0. The normalized spacial score (nSPS) is 13.5. The van der Waals surface area contributed by atoms with E-state index in [1.807, 2.05) is 0 Å². The molecule has 8 aromatic carbocycles. The van der Waals surface area contributed by atoms with Crippen molar-refractivity contribution in [2.75, 3.05) is 0 Å². The highest BCUT2D eigenvalue weighted by Crippen LogP contribution is 2.43. The molecule has 0 N–H and O–H groups in total. The lowest BCUT2D eigenvalue weighted by Crippen LogP contribution is -2.02. The summed E-state index contributed by atoms with van der Waals surface area (Å²) >= 11 is 0. The van der Waals surface area contributed by atoms with Crippen LogP contribution in [0.3, 0.4) is 0 Å². The molecule has 8 rings (SSSR count). The van der Waals surface area contributed by atoms with Crippen LogP contribution >= 0.6 is 0 Å². The lowest BCUT2D eigenvalue weighted by molar-refractivity contribution is 0.837. The van der Waals surface area contributed by atoms with Crippen LogP contribution in [0.2, 0.25) is 0 Å². The van der Waals surface area contributed by atoms with E-state index >= 15 is 0 Å². The van der Waals surface area contributed by atoms with E-state index < -0.39 is 0 Å². The van der Waals surface area contributed by atoms with Crippen molar-refractivity contribution < 1.29 is 0 Å². The first-order valence-corrected chi connectivity index (χ1v) is 18.4. The van der Waals surface area contributed by atoms with Gasteiger partial charge in [0.2, 0.25) is 0 Å². The maximum absolute atomic E-state index is 2.51. The smallest absolute Gasteiger partial charge is 0.00264 e. The minimum Gasteiger partial charge on any atom is -0.0651 e. The zero-order chi connectivity index (χ0) is 32.8. The van der Waals surface area contributed by atoms with E-state index in [1.54, 1.807) is 22.3 Å². The third-order valence-electron chi connectivity index (χ3n) is 10.7. The van der Waals surface area contributed by atoms with Gasteiger partial charge in [0.05, 0.1) is 0 Å². The molecule has 0 radical (unpaired) electrons. The highest BCUT2D eigenvalue weighted by atomic mass is 14.2. The Morgan fingerprint density at radius 3 is 0.896 bits per heavy atom. The fourth-order valence-corrected chi connectivity index (χ4v) is 8.76. The van der Waals surface area contributed by atoms with Crippen molar-refractivity contribution in [3.05, 3.63) is 131 Å². The topological polar surface area (TPSA) is 0 Å². The van der Waals surface area contributed by atoms with Crippen LogP contribution in [0.4, 0.5) is 0 Å². The van der Waals surface area contributed by atoms with Crippen molar-refractivity contribution in [2.24, 2.45) is 0 Å².